The molecule has 0 aliphatic rings. The Morgan fingerprint density at radius 2 is 1.63 bits per heavy atom. The van der Waals surface area contributed by atoms with Gasteiger partial charge >= 0.3 is 6.09 Å². The molecule has 0 atom stereocenters. The second-order valence-corrected chi connectivity index (χ2v) is 8.77. The van der Waals surface area contributed by atoms with Crippen LogP contribution in [-0.4, -0.2) is 21.7 Å². The van der Waals surface area contributed by atoms with Gasteiger partial charge in [-0.05, 0) is 45.0 Å². The van der Waals surface area contributed by atoms with Crippen molar-refractivity contribution in [3.05, 3.63) is 48.8 Å². The van der Waals surface area contributed by atoms with Crippen LogP contribution in [0.4, 0.5) is 14.8 Å². The molecule has 0 aliphatic heterocycles. The fourth-order valence-corrected chi connectivity index (χ4v) is 3.89. The van der Waals surface area contributed by atoms with Crippen LogP contribution in [0.15, 0.2) is 48.8 Å². The second-order valence-electron chi connectivity index (χ2n) is 6.68. The summed E-state index contributed by atoms with van der Waals surface area (Å²) in [6.07, 6.45) is 3.07. The molecule has 0 aliphatic carbocycles. The van der Waals surface area contributed by atoms with E-state index in [4.69, 9.17) is 10.5 Å². The maximum atomic E-state index is 11.6. The molecule has 4 aromatic rings. The molecule has 8 heteroatoms. The predicted molar refractivity (Wildman–Crippen MR) is 114 cm³/mol. The zero-order valence-electron chi connectivity index (χ0n) is 15.2. The predicted octanol–water partition coefficient (Wildman–Crippen LogP) is 5.52. The molecular formula is C19H20N4O2S2. The van der Waals surface area contributed by atoms with Gasteiger partial charge in [0.25, 0.3) is 0 Å². The third-order valence-corrected chi connectivity index (χ3v) is 5.09. The van der Waals surface area contributed by atoms with Crippen molar-refractivity contribution < 1.29 is 9.53 Å². The lowest BCUT2D eigenvalue weighted by atomic mass is 10.2. The Balaban J connectivity index is 0.000000177. The molecule has 4 rings (SSSR count). The van der Waals surface area contributed by atoms with E-state index in [0.717, 1.165) is 30.4 Å². The van der Waals surface area contributed by atoms with Crippen molar-refractivity contribution in [1.29, 1.82) is 0 Å². The Labute approximate surface area is 165 Å². The highest BCUT2D eigenvalue weighted by Crippen LogP contribution is 2.28. The number of hydrogen-bond donors (Lipinski definition) is 2. The standard InChI is InChI=1S/C12H14N2O2S.C7H6N2S/c1-12(2,3)16-11(15)14-9-7-8-5-4-6-13-10(8)17-9;8-6-4-5-2-1-3-9-7(5)10-6/h4-7H,1-3H3,(H,14,15);1-4H,8H2. The lowest BCUT2D eigenvalue weighted by Crippen LogP contribution is -2.26. The van der Waals surface area contributed by atoms with Gasteiger partial charge in [0.2, 0.25) is 0 Å². The van der Waals surface area contributed by atoms with Gasteiger partial charge < -0.3 is 10.5 Å². The number of pyridine rings is 2. The second kappa shape index (κ2) is 7.89. The van der Waals surface area contributed by atoms with Gasteiger partial charge in [-0.25, -0.2) is 14.8 Å². The summed E-state index contributed by atoms with van der Waals surface area (Å²) in [6.45, 7) is 5.50. The lowest BCUT2D eigenvalue weighted by Gasteiger charge is -2.19. The number of hydrogen-bond acceptors (Lipinski definition) is 7. The normalized spacial score (nSPS) is 11.1. The van der Waals surface area contributed by atoms with Crippen molar-refractivity contribution >= 4 is 59.2 Å². The van der Waals surface area contributed by atoms with E-state index in [1.165, 1.54) is 22.7 Å². The number of aromatic nitrogens is 2. The summed E-state index contributed by atoms with van der Waals surface area (Å²) in [6, 6.07) is 11.6. The third-order valence-electron chi connectivity index (χ3n) is 3.23. The number of ether oxygens (including phenoxy) is 1. The van der Waals surface area contributed by atoms with Crippen molar-refractivity contribution in [2.24, 2.45) is 0 Å². The number of thiophene rings is 2. The molecule has 0 saturated carbocycles. The molecule has 0 radical (unpaired) electrons. The Bertz CT molecular complexity index is 1000. The van der Waals surface area contributed by atoms with Crippen molar-refractivity contribution in [1.82, 2.24) is 9.97 Å². The van der Waals surface area contributed by atoms with E-state index >= 15 is 0 Å². The van der Waals surface area contributed by atoms with Crippen LogP contribution in [0.2, 0.25) is 0 Å². The van der Waals surface area contributed by atoms with Crippen LogP contribution in [0.5, 0.6) is 0 Å². The van der Waals surface area contributed by atoms with E-state index in [0.29, 0.717) is 0 Å². The summed E-state index contributed by atoms with van der Waals surface area (Å²) in [5, 5.41) is 6.42. The van der Waals surface area contributed by atoms with Gasteiger partial charge in [-0.3, -0.25) is 5.32 Å². The molecule has 0 saturated heterocycles. The van der Waals surface area contributed by atoms with Gasteiger partial charge in [0.05, 0.1) is 5.00 Å². The fourth-order valence-electron chi connectivity index (χ4n) is 2.23. The van der Waals surface area contributed by atoms with Crippen molar-refractivity contribution in [2.75, 3.05) is 11.1 Å². The van der Waals surface area contributed by atoms with E-state index in [2.05, 4.69) is 15.3 Å². The zero-order valence-corrected chi connectivity index (χ0v) is 16.9. The third kappa shape index (κ3) is 5.38. The number of nitrogens with two attached hydrogens (primary N) is 1. The molecule has 0 fully saturated rings. The first kappa shape index (κ1) is 19.1. The lowest BCUT2D eigenvalue weighted by molar-refractivity contribution is 0.0636. The van der Waals surface area contributed by atoms with Crippen molar-refractivity contribution in [3.8, 4) is 0 Å². The minimum Gasteiger partial charge on any atom is -0.444 e. The Hall–Kier alpha value is -2.71. The van der Waals surface area contributed by atoms with E-state index in [1.54, 1.807) is 12.4 Å². The van der Waals surface area contributed by atoms with Crippen molar-refractivity contribution in [3.63, 3.8) is 0 Å². The summed E-state index contributed by atoms with van der Waals surface area (Å²) in [5.74, 6) is 0. The smallest absolute Gasteiger partial charge is 0.412 e. The summed E-state index contributed by atoms with van der Waals surface area (Å²) in [4.78, 5) is 21.8. The Morgan fingerprint density at radius 3 is 2.19 bits per heavy atom. The molecule has 140 valence electrons. The van der Waals surface area contributed by atoms with Crippen molar-refractivity contribution in [2.45, 2.75) is 26.4 Å². The number of carbonyl (C=O) groups excluding carboxylic acids is 1. The molecule has 0 unspecified atom stereocenters. The molecule has 4 aromatic heterocycles. The number of nitrogens with zero attached hydrogens (tertiary/aromatic N) is 2. The molecule has 1 amide bonds. The summed E-state index contributed by atoms with van der Waals surface area (Å²) < 4.78 is 5.17. The average Bonchev–Trinajstić information content (AvgIpc) is 3.14. The van der Waals surface area contributed by atoms with Crippen LogP contribution in [0.25, 0.3) is 20.4 Å². The van der Waals surface area contributed by atoms with E-state index in [9.17, 15) is 4.79 Å². The van der Waals surface area contributed by atoms with Crippen LogP contribution < -0.4 is 11.1 Å². The maximum absolute atomic E-state index is 11.6. The SMILES string of the molecule is CC(C)(C)OC(=O)Nc1cc2cccnc2s1.Nc1cc2cccnc2s1. The van der Waals surface area contributed by atoms with Crippen LogP contribution in [0.3, 0.4) is 0 Å². The molecule has 4 heterocycles. The van der Waals surface area contributed by atoms with Gasteiger partial charge in [0, 0.05) is 23.2 Å². The molecule has 6 nitrogen and oxygen atoms in total. The number of anilines is 2. The summed E-state index contributed by atoms with van der Waals surface area (Å²) >= 11 is 2.95. The van der Waals surface area contributed by atoms with Crippen LogP contribution in [0, 0.1) is 0 Å². The highest BCUT2D eigenvalue weighted by molar-refractivity contribution is 7.22. The van der Waals surface area contributed by atoms with E-state index < -0.39 is 11.7 Å². The quantitative estimate of drug-likeness (QED) is 0.439. The molecular weight excluding hydrogens is 380 g/mol. The largest absolute Gasteiger partial charge is 0.444 e. The van der Waals surface area contributed by atoms with Crippen LogP contribution in [-0.2, 0) is 4.74 Å². The molecule has 27 heavy (non-hydrogen) atoms. The molecule has 0 spiro atoms. The number of carbonyl (C=O) groups is 1. The first-order valence-electron chi connectivity index (χ1n) is 8.25. The van der Waals surface area contributed by atoms with Gasteiger partial charge in [0.1, 0.15) is 20.3 Å². The topological polar surface area (TPSA) is 90.1 Å². The number of nitrogen functional groups attached to an aromatic ring is 1. The molecule has 3 N–H and O–H groups in total. The highest BCUT2D eigenvalue weighted by Gasteiger charge is 2.16. The average molecular weight is 401 g/mol. The maximum Gasteiger partial charge on any atom is 0.412 e. The molecule has 0 aromatic carbocycles. The monoisotopic (exact) mass is 400 g/mol. The highest BCUT2D eigenvalue weighted by atomic mass is 32.1. The zero-order chi connectivity index (χ0) is 19.4. The van der Waals surface area contributed by atoms with Gasteiger partial charge in [-0.2, -0.15) is 0 Å². The van der Waals surface area contributed by atoms with E-state index in [-0.39, 0.29) is 0 Å². The Morgan fingerprint density at radius 1 is 1.04 bits per heavy atom. The number of fused-ring (bicyclic) bond motifs is 2. The summed E-state index contributed by atoms with van der Waals surface area (Å²) in [7, 11) is 0. The van der Waals surface area contributed by atoms with Gasteiger partial charge in [-0.15, -0.1) is 0 Å². The van der Waals surface area contributed by atoms with E-state index in [1.807, 2.05) is 57.2 Å². The fraction of sp³-hybridized carbons (Fsp3) is 0.211. The Kier molecular flexibility index (Phi) is 5.57. The molecule has 0 bridgehead atoms. The number of nitrogens with one attached hydrogen (secondary N) is 1. The van der Waals surface area contributed by atoms with Crippen LogP contribution >= 0.6 is 22.7 Å². The number of rotatable bonds is 1. The minimum absolute atomic E-state index is 0.441. The van der Waals surface area contributed by atoms with Crippen LogP contribution in [0.1, 0.15) is 20.8 Å². The summed E-state index contributed by atoms with van der Waals surface area (Å²) in [5.41, 5.74) is 5.08. The first-order chi connectivity index (χ1) is 12.8. The number of amides is 1. The first-order valence-corrected chi connectivity index (χ1v) is 9.88. The minimum atomic E-state index is -0.487. The van der Waals surface area contributed by atoms with Gasteiger partial charge in [0.15, 0.2) is 0 Å². The van der Waals surface area contributed by atoms with Gasteiger partial charge in [-0.1, -0.05) is 34.8 Å².